The van der Waals surface area contributed by atoms with Gasteiger partial charge in [-0.05, 0) is 67.4 Å². The average molecular weight is 410 g/mol. The summed E-state index contributed by atoms with van der Waals surface area (Å²) in [5.41, 5.74) is 3.20. The maximum atomic E-state index is 12.6. The molecule has 0 aliphatic heterocycles. The van der Waals surface area contributed by atoms with E-state index in [0.29, 0.717) is 22.7 Å². The molecule has 7 heteroatoms. The molecule has 3 aromatic rings. The molecule has 3 aromatic carbocycles. The summed E-state index contributed by atoms with van der Waals surface area (Å²) in [4.78, 5) is 12.6. The zero-order chi connectivity index (χ0) is 21.0. The van der Waals surface area contributed by atoms with Gasteiger partial charge in [-0.1, -0.05) is 24.3 Å². The van der Waals surface area contributed by atoms with E-state index in [0.717, 1.165) is 11.1 Å². The highest BCUT2D eigenvalue weighted by atomic mass is 32.2. The van der Waals surface area contributed by atoms with Crippen LogP contribution < -0.4 is 14.8 Å². The van der Waals surface area contributed by atoms with Crippen molar-refractivity contribution in [2.24, 2.45) is 0 Å². The Morgan fingerprint density at radius 3 is 2.24 bits per heavy atom. The van der Waals surface area contributed by atoms with Gasteiger partial charge in [-0.2, -0.15) is 0 Å². The Labute approximate surface area is 170 Å². The summed E-state index contributed by atoms with van der Waals surface area (Å²) in [5, 5.41) is 2.80. The van der Waals surface area contributed by atoms with Gasteiger partial charge >= 0.3 is 0 Å². The van der Waals surface area contributed by atoms with Crippen molar-refractivity contribution >= 4 is 27.3 Å². The molecule has 0 unspecified atom stereocenters. The van der Waals surface area contributed by atoms with Crippen LogP contribution in [0.1, 0.15) is 21.5 Å². The third-order valence-corrected chi connectivity index (χ3v) is 5.80. The van der Waals surface area contributed by atoms with E-state index < -0.39 is 10.0 Å². The molecule has 0 heterocycles. The summed E-state index contributed by atoms with van der Waals surface area (Å²) in [5.74, 6) is 0.190. The molecule has 150 valence electrons. The first-order valence-corrected chi connectivity index (χ1v) is 10.4. The second-order valence-corrected chi connectivity index (χ2v) is 8.29. The molecule has 1 amide bonds. The first-order chi connectivity index (χ1) is 13.8. The van der Waals surface area contributed by atoms with Crippen molar-refractivity contribution in [3.63, 3.8) is 0 Å². The third kappa shape index (κ3) is 4.75. The summed E-state index contributed by atoms with van der Waals surface area (Å²) in [6.45, 7) is 3.74. The average Bonchev–Trinajstić information content (AvgIpc) is 2.70. The molecule has 0 spiro atoms. The number of ether oxygens (including phenoxy) is 1. The van der Waals surface area contributed by atoms with Crippen LogP contribution >= 0.6 is 0 Å². The molecule has 3 rings (SSSR count). The van der Waals surface area contributed by atoms with Crippen molar-refractivity contribution in [1.29, 1.82) is 0 Å². The molecule has 0 aliphatic carbocycles. The zero-order valence-corrected chi connectivity index (χ0v) is 17.2. The first-order valence-electron chi connectivity index (χ1n) is 8.94. The number of sulfonamides is 1. The maximum absolute atomic E-state index is 12.6. The highest BCUT2D eigenvalue weighted by Crippen LogP contribution is 2.26. The van der Waals surface area contributed by atoms with Crippen molar-refractivity contribution in [1.82, 2.24) is 0 Å². The van der Waals surface area contributed by atoms with Crippen molar-refractivity contribution in [2.75, 3.05) is 17.1 Å². The molecule has 6 nitrogen and oxygen atoms in total. The fraction of sp³-hybridized carbons (Fsp3) is 0.136. The minimum atomic E-state index is -3.76. The molecular formula is C22H22N2O4S. The van der Waals surface area contributed by atoms with Crippen LogP contribution in [0.4, 0.5) is 11.4 Å². The lowest BCUT2D eigenvalue weighted by atomic mass is 10.1. The summed E-state index contributed by atoms with van der Waals surface area (Å²) < 4.78 is 33.1. The van der Waals surface area contributed by atoms with Gasteiger partial charge in [0, 0.05) is 5.56 Å². The Balaban J connectivity index is 1.78. The van der Waals surface area contributed by atoms with Gasteiger partial charge in [0.15, 0.2) is 0 Å². The number of para-hydroxylation sites is 1. The highest BCUT2D eigenvalue weighted by molar-refractivity contribution is 7.92. The monoisotopic (exact) mass is 410 g/mol. The van der Waals surface area contributed by atoms with Crippen LogP contribution in [0, 0.1) is 13.8 Å². The first kappa shape index (κ1) is 20.4. The minimum Gasteiger partial charge on any atom is -0.495 e. The second-order valence-electron chi connectivity index (χ2n) is 6.60. The largest absolute Gasteiger partial charge is 0.495 e. The van der Waals surface area contributed by atoms with Crippen molar-refractivity contribution in [3.05, 3.63) is 83.4 Å². The highest BCUT2D eigenvalue weighted by Gasteiger charge is 2.16. The van der Waals surface area contributed by atoms with E-state index in [9.17, 15) is 13.2 Å². The lowest BCUT2D eigenvalue weighted by Crippen LogP contribution is -2.15. The number of carbonyl (C=O) groups excluding carboxylic acids is 1. The number of nitrogens with one attached hydrogen (secondary N) is 2. The Morgan fingerprint density at radius 1 is 0.897 bits per heavy atom. The van der Waals surface area contributed by atoms with Gasteiger partial charge in [-0.25, -0.2) is 8.42 Å². The lowest BCUT2D eigenvalue weighted by Gasteiger charge is -2.12. The number of aryl methyl sites for hydroxylation is 2. The van der Waals surface area contributed by atoms with Crippen molar-refractivity contribution in [2.45, 2.75) is 18.7 Å². The van der Waals surface area contributed by atoms with Crippen LogP contribution in [-0.2, 0) is 10.0 Å². The summed E-state index contributed by atoms with van der Waals surface area (Å²) in [7, 11) is -2.23. The molecule has 2 N–H and O–H groups in total. The molecule has 0 aromatic heterocycles. The number of benzene rings is 3. The van der Waals surface area contributed by atoms with Crippen LogP contribution in [0.2, 0.25) is 0 Å². The van der Waals surface area contributed by atoms with E-state index in [2.05, 4.69) is 10.0 Å². The van der Waals surface area contributed by atoms with E-state index in [4.69, 9.17) is 4.74 Å². The molecule has 0 bridgehead atoms. The van der Waals surface area contributed by atoms with Gasteiger partial charge in [-0.15, -0.1) is 0 Å². The van der Waals surface area contributed by atoms with Crippen LogP contribution in [0.3, 0.4) is 0 Å². The van der Waals surface area contributed by atoms with E-state index in [1.165, 1.54) is 31.4 Å². The summed E-state index contributed by atoms with van der Waals surface area (Å²) >= 11 is 0. The molecular weight excluding hydrogens is 388 g/mol. The number of rotatable bonds is 6. The van der Waals surface area contributed by atoms with E-state index in [1.54, 1.807) is 18.2 Å². The fourth-order valence-electron chi connectivity index (χ4n) is 2.79. The molecule has 0 saturated carbocycles. The number of carbonyl (C=O) groups is 1. The Bertz CT molecular complexity index is 1140. The summed E-state index contributed by atoms with van der Waals surface area (Å²) in [6, 6.07) is 18.4. The quantitative estimate of drug-likeness (QED) is 0.632. The molecule has 0 saturated heterocycles. The number of anilines is 2. The standard InChI is InChI=1S/C22H22N2O4S/c1-15-8-13-21(28-3)20(14-15)23-22(25)17-9-11-18(12-10-17)29(26,27)24-19-7-5-4-6-16(19)2/h4-14,24H,1-3H3,(H,23,25). The molecule has 0 fully saturated rings. The summed E-state index contributed by atoms with van der Waals surface area (Å²) in [6.07, 6.45) is 0. The maximum Gasteiger partial charge on any atom is 0.261 e. The van der Waals surface area contributed by atoms with Crippen LogP contribution in [0.15, 0.2) is 71.6 Å². The predicted molar refractivity (Wildman–Crippen MR) is 114 cm³/mol. The SMILES string of the molecule is COc1ccc(C)cc1NC(=O)c1ccc(S(=O)(=O)Nc2ccccc2C)cc1. The Morgan fingerprint density at radius 2 is 1.59 bits per heavy atom. The fourth-order valence-corrected chi connectivity index (χ4v) is 3.92. The van der Waals surface area contributed by atoms with E-state index in [1.807, 2.05) is 38.1 Å². The third-order valence-electron chi connectivity index (χ3n) is 4.42. The molecule has 0 radical (unpaired) electrons. The van der Waals surface area contributed by atoms with Gasteiger partial charge in [-0.3, -0.25) is 9.52 Å². The predicted octanol–water partition coefficient (Wildman–Crippen LogP) is 4.37. The van der Waals surface area contributed by atoms with Gasteiger partial charge in [0.2, 0.25) is 0 Å². The van der Waals surface area contributed by atoms with Crippen molar-refractivity contribution < 1.29 is 17.9 Å². The number of hydrogen-bond acceptors (Lipinski definition) is 4. The molecule has 29 heavy (non-hydrogen) atoms. The topological polar surface area (TPSA) is 84.5 Å². The van der Waals surface area contributed by atoms with Crippen molar-refractivity contribution in [3.8, 4) is 5.75 Å². The smallest absolute Gasteiger partial charge is 0.261 e. The van der Waals surface area contributed by atoms with Gasteiger partial charge < -0.3 is 10.1 Å². The van der Waals surface area contributed by atoms with E-state index in [-0.39, 0.29) is 10.8 Å². The lowest BCUT2D eigenvalue weighted by molar-refractivity contribution is 0.102. The van der Waals surface area contributed by atoms with Gasteiger partial charge in [0.25, 0.3) is 15.9 Å². The normalized spacial score (nSPS) is 11.0. The van der Waals surface area contributed by atoms with Gasteiger partial charge in [0.05, 0.1) is 23.4 Å². The zero-order valence-electron chi connectivity index (χ0n) is 16.4. The number of hydrogen-bond donors (Lipinski definition) is 2. The van der Waals surface area contributed by atoms with Crippen LogP contribution in [0.5, 0.6) is 5.75 Å². The Kier molecular flexibility index (Phi) is 5.89. The second kappa shape index (κ2) is 8.36. The van der Waals surface area contributed by atoms with Gasteiger partial charge in [0.1, 0.15) is 5.75 Å². The molecule has 0 atom stereocenters. The molecule has 0 aliphatic rings. The van der Waals surface area contributed by atoms with E-state index >= 15 is 0 Å². The minimum absolute atomic E-state index is 0.0745. The number of amides is 1. The number of methoxy groups -OCH3 is 1. The Hall–Kier alpha value is -3.32. The van der Waals surface area contributed by atoms with Crippen LogP contribution in [-0.4, -0.2) is 21.4 Å². The van der Waals surface area contributed by atoms with Crippen LogP contribution in [0.25, 0.3) is 0 Å².